The van der Waals surface area contributed by atoms with E-state index in [9.17, 15) is 4.79 Å². The van der Waals surface area contributed by atoms with Gasteiger partial charge in [-0.1, -0.05) is 6.07 Å². The number of nitrogens with zero attached hydrogens (tertiary/aromatic N) is 3. The van der Waals surface area contributed by atoms with Crippen molar-refractivity contribution in [3.63, 3.8) is 0 Å². The van der Waals surface area contributed by atoms with Crippen molar-refractivity contribution in [2.24, 2.45) is 0 Å². The first-order valence-corrected chi connectivity index (χ1v) is 4.51. The molecule has 0 aliphatic heterocycles. The summed E-state index contributed by atoms with van der Waals surface area (Å²) in [4.78, 5) is 12.4. The van der Waals surface area contributed by atoms with Gasteiger partial charge in [-0.15, -0.1) is 0 Å². The molecule has 1 heterocycles. The number of aromatic nitrogens is 3. The summed E-state index contributed by atoms with van der Waals surface area (Å²) in [5, 5.41) is 16.9. The summed E-state index contributed by atoms with van der Waals surface area (Å²) in [5.41, 5.74) is 0.415. The van der Waals surface area contributed by atoms with Crippen molar-refractivity contribution in [3.05, 3.63) is 36.2 Å². The molecule has 0 fully saturated rings. The van der Waals surface area contributed by atoms with Crippen molar-refractivity contribution >= 4 is 5.97 Å². The topological polar surface area (TPSA) is 77.2 Å². The summed E-state index contributed by atoms with van der Waals surface area (Å²) >= 11 is 0. The van der Waals surface area contributed by atoms with Gasteiger partial charge >= 0.3 is 5.97 Å². The minimum atomic E-state index is -1.08. The number of ether oxygens (including phenoxy) is 1. The first-order chi connectivity index (χ1) is 7.74. The van der Waals surface area contributed by atoms with Crippen molar-refractivity contribution in [1.82, 2.24) is 15.0 Å². The molecule has 0 amide bonds. The molecule has 0 saturated heterocycles. The molecule has 0 aliphatic rings. The largest absolute Gasteiger partial charge is 0.496 e. The van der Waals surface area contributed by atoms with Gasteiger partial charge in [-0.2, -0.15) is 15.0 Å². The average Bonchev–Trinajstić information content (AvgIpc) is 2.81. The summed E-state index contributed by atoms with van der Waals surface area (Å²) < 4.78 is 5.00. The van der Waals surface area contributed by atoms with E-state index in [2.05, 4.69) is 10.2 Å². The number of carboxylic acid groups (broad SMARTS) is 1. The Morgan fingerprint density at radius 3 is 2.62 bits per heavy atom. The third kappa shape index (κ3) is 1.60. The van der Waals surface area contributed by atoms with Crippen LogP contribution in [0, 0.1) is 0 Å². The van der Waals surface area contributed by atoms with Gasteiger partial charge in [0.25, 0.3) is 0 Å². The number of rotatable bonds is 3. The number of aromatic carboxylic acids is 1. The molecule has 6 heteroatoms. The Labute approximate surface area is 91.1 Å². The second-order valence-electron chi connectivity index (χ2n) is 2.98. The molecule has 6 nitrogen and oxygen atoms in total. The van der Waals surface area contributed by atoms with Crippen molar-refractivity contribution in [1.29, 1.82) is 0 Å². The van der Waals surface area contributed by atoms with Crippen LogP contribution >= 0.6 is 0 Å². The SMILES string of the molecule is COc1cccc(-n2nccn2)c1C(=O)O. The Kier molecular flexibility index (Phi) is 2.55. The molecule has 0 atom stereocenters. The highest BCUT2D eigenvalue weighted by Crippen LogP contribution is 2.24. The van der Waals surface area contributed by atoms with Crippen LogP contribution in [0.5, 0.6) is 5.75 Å². The molecule has 0 unspecified atom stereocenters. The quantitative estimate of drug-likeness (QED) is 0.832. The molecular weight excluding hydrogens is 210 g/mol. The fourth-order valence-electron chi connectivity index (χ4n) is 1.41. The molecule has 1 aromatic heterocycles. The lowest BCUT2D eigenvalue weighted by Gasteiger charge is -2.08. The Morgan fingerprint density at radius 1 is 1.38 bits per heavy atom. The number of benzene rings is 1. The van der Waals surface area contributed by atoms with E-state index in [-0.39, 0.29) is 11.3 Å². The van der Waals surface area contributed by atoms with Crippen LogP contribution in [0.25, 0.3) is 5.69 Å². The number of hydrogen-bond acceptors (Lipinski definition) is 4. The first-order valence-electron chi connectivity index (χ1n) is 4.51. The predicted molar refractivity (Wildman–Crippen MR) is 54.9 cm³/mol. The molecule has 0 spiro atoms. The van der Waals surface area contributed by atoms with Crippen LogP contribution in [-0.2, 0) is 0 Å². The average molecular weight is 219 g/mol. The van der Waals surface area contributed by atoms with Crippen LogP contribution in [0.3, 0.4) is 0 Å². The van der Waals surface area contributed by atoms with Crippen LogP contribution in [0.2, 0.25) is 0 Å². The highest BCUT2D eigenvalue weighted by Gasteiger charge is 2.18. The van der Waals surface area contributed by atoms with Gasteiger partial charge in [-0.05, 0) is 12.1 Å². The summed E-state index contributed by atoms with van der Waals surface area (Å²) in [6.45, 7) is 0. The highest BCUT2D eigenvalue weighted by molar-refractivity contribution is 5.95. The molecule has 0 aliphatic carbocycles. The van der Waals surface area contributed by atoms with E-state index in [1.807, 2.05) is 0 Å². The second kappa shape index (κ2) is 4.01. The number of hydrogen-bond donors (Lipinski definition) is 1. The first kappa shape index (κ1) is 10.2. The van der Waals surface area contributed by atoms with Gasteiger partial charge < -0.3 is 9.84 Å². The Bertz CT molecular complexity index is 508. The van der Waals surface area contributed by atoms with Gasteiger partial charge in [0.1, 0.15) is 17.0 Å². The maximum absolute atomic E-state index is 11.1. The van der Waals surface area contributed by atoms with E-state index in [0.29, 0.717) is 5.69 Å². The van der Waals surface area contributed by atoms with Crippen molar-refractivity contribution < 1.29 is 14.6 Å². The van der Waals surface area contributed by atoms with E-state index in [1.165, 1.54) is 24.3 Å². The van der Waals surface area contributed by atoms with Gasteiger partial charge in [-0.3, -0.25) is 0 Å². The van der Waals surface area contributed by atoms with Gasteiger partial charge in [0.2, 0.25) is 0 Å². The molecule has 0 saturated carbocycles. The zero-order valence-corrected chi connectivity index (χ0v) is 8.49. The molecule has 0 radical (unpaired) electrons. The molecule has 1 N–H and O–H groups in total. The van der Waals surface area contributed by atoms with Gasteiger partial charge in [0.05, 0.1) is 19.5 Å². The zero-order chi connectivity index (χ0) is 11.5. The third-order valence-electron chi connectivity index (χ3n) is 2.07. The van der Waals surface area contributed by atoms with Gasteiger partial charge in [0, 0.05) is 0 Å². The summed E-state index contributed by atoms with van der Waals surface area (Å²) in [6.07, 6.45) is 2.95. The van der Waals surface area contributed by atoms with Gasteiger partial charge in [0.15, 0.2) is 0 Å². The third-order valence-corrected chi connectivity index (χ3v) is 2.07. The fourth-order valence-corrected chi connectivity index (χ4v) is 1.41. The van der Waals surface area contributed by atoms with Crippen LogP contribution in [0.15, 0.2) is 30.6 Å². The molecule has 2 aromatic rings. The summed E-state index contributed by atoms with van der Waals surface area (Å²) in [7, 11) is 1.42. The zero-order valence-electron chi connectivity index (χ0n) is 8.49. The Hall–Kier alpha value is -2.37. The molecule has 1 aromatic carbocycles. The minimum absolute atomic E-state index is 0.0428. The number of carboxylic acids is 1. The van der Waals surface area contributed by atoms with Gasteiger partial charge in [-0.25, -0.2) is 4.79 Å². The van der Waals surface area contributed by atoms with E-state index >= 15 is 0 Å². The Balaban J connectivity index is 2.65. The smallest absolute Gasteiger partial charge is 0.341 e. The van der Waals surface area contributed by atoms with E-state index in [0.717, 1.165) is 0 Å². The van der Waals surface area contributed by atoms with Crippen LogP contribution in [0.4, 0.5) is 0 Å². The summed E-state index contributed by atoms with van der Waals surface area (Å²) in [5.74, 6) is -0.799. The maximum atomic E-state index is 11.1. The molecule has 82 valence electrons. The summed E-state index contributed by atoms with van der Waals surface area (Å²) in [6, 6.07) is 4.88. The van der Waals surface area contributed by atoms with Crippen molar-refractivity contribution in [3.8, 4) is 11.4 Å². The normalized spacial score (nSPS) is 10.1. The number of carbonyl (C=O) groups is 1. The highest BCUT2D eigenvalue weighted by atomic mass is 16.5. The maximum Gasteiger partial charge on any atom is 0.341 e. The standard InChI is InChI=1S/C10H9N3O3/c1-16-8-4-2-3-7(9(8)10(14)15)13-11-5-6-12-13/h2-6H,1H3,(H,14,15). The van der Waals surface area contributed by atoms with Crippen LogP contribution in [-0.4, -0.2) is 33.2 Å². The molecule has 2 rings (SSSR count). The second-order valence-corrected chi connectivity index (χ2v) is 2.98. The van der Waals surface area contributed by atoms with E-state index in [4.69, 9.17) is 9.84 Å². The predicted octanol–water partition coefficient (Wildman–Crippen LogP) is 0.974. The van der Waals surface area contributed by atoms with Crippen molar-refractivity contribution in [2.45, 2.75) is 0 Å². The molecule has 0 bridgehead atoms. The number of methoxy groups -OCH3 is 1. The lowest BCUT2D eigenvalue weighted by Crippen LogP contribution is -2.09. The van der Waals surface area contributed by atoms with Crippen LogP contribution in [0.1, 0.15) is 10.4 Å². The van der Waals surface area contributed by atoms with E-state index in [1.54, 1.807) is 18.2 Å². The fraction of sp³-hybridized carbons (Fsp3) is 0.100. The minimum Gasteiger partial charge on any atom is -0.496 e. The monoisotopic (exact) mass is 219 g/mol. The lowest BCUT2D eigenvalue weighted by molar-refractivity contribution is 0.0693. The Morgan fingerprint density at radius 2 is 2.06 bits per heavy atom. The molecular formula is C10H9N3O3. The molecule has 16 heavy (non-hydrogen) atoms. The van der Waals surface area contributed by atoms with E-state index < -0.39 is 5.97 Å². The van der Waals surface area contributed by atoms with Crippen molar-refractivity contribution in [2.75, 3.05) is 7.11 Å². The van der Waals surface area contributed by atoms with Crippen LogP contribution < -0.4 is 4.74 Å². The lowest BCUT2D eigenvalue weighted by atomic mass is 10.1.